The third-order valence-corrected chi connectivity index (χ3v) is 3.09. The summed E-state index contributed by atoms with van der Waals surface area (Å²) in [5.41, 5.74) is 0.763. The van der Waals surface area contributed by atoms with Gasteiger partial charge in [-0.1, -0.05) is 12.1 Å². The Balaban J connectivity index is 2.21. The highest BCUT2D eigenvalue weighted by molar-refractivity contribution is 5.71. The van der Waals surface area contributed by atoms with Gasteiger partial charge in [-0.2, -0.15) is 0 Å². The molecule has 0 aliphatic carbocycles. The summed E-state index contributed by atoms with van der Waals surface area (Å²) in [4.78, 5) is 11.3. The average molecular weight is 223 g/mol. The Kier molecular flexibility index (Phi) is 2.92. The first-order valence-electron chi connectivity index (χ1n) is 5.20. The second-order valence-corrected chi connectivity index (χ2v) is 4.14. The van der Waals surface area contributed by atoms with E-state index in [4.69, 9.17) is 0 Å². The molecule has 0 bridgehead atoms. The highest BCUT2D eigenvalue weighted by atomic mass is 19.1. The van der Waals surface area contributed by atoms with E-state index in [0.29, 0.717) is 6.42 Å². The number of carbonyl (C=O) groups is 1. The topological polar surface area (TPSA) is 38.3 Å². The van der Waals surface area contributed by atoms with Crippen molar-refractivity contribution >= 4 is 5.97 Å². The zero-order valence-corrected chi connectivity index (χ0v) is 9.13. The average Bonchev–Trinajstić information content (AvgIpc) is 2.24. The fourth-order valence-electron chi connectivity index (χ4n) is 2.01. The van der Waals surface area contributed by atoms with Crippen LogP contribution in [0, 0.1) is 5.82 Å². The largest absolute Gasteiger partial charge is 0.469 e. The number of rotatable bonds is 3. The number of esters is 1. The lowest BCUT2D eigenvalue weighted by Gasteiger charge is -2.42. The number of halogens is 1. The van der Waals surface area contributed by atoms with Crippen LogP contribution in [-0.2, 0) is 14.9 Å². The molecular weight excluding hydrogens is 209 g/mol. The van der Waals surface area contributed by atoms with Crippen molar-refractivity contribution < 1.29 is 13.9 Å². The van der Waals surface area contributed by atoms with Crippen LogP contribution < -0.4 is 5.32 Å². The number of methoxy groups -OCH3 is 1. The lowest BCUT2D eigenvalue weighted by atomic mass is 9.73. The van der Waals surface area contributed by atoms with Crippen LogP contribution in [0.15, 0.2) is 24.3 Å². The summed E-state index contributed by atoms with van der Waals surface area (Å²) < 4.78 is 17.5. The minimum absolute atomic E-state index is 0.221. The smallest absolute Gasteiger partial charge is 0.306 e. The molecule has 1 saturated heterocycles. The van der Waals surface area contributed by atoms with E-state index in [9.17, 15) is 9.18 Å². The molecule has 1 aliphatic heterocycles. The second kappa shape index (κ2) is 4.22. The molecule has 0 radical (unpaired) electrons. The highest BCUT2D eigenvalue weighted by Gasteiger charge is 2.40. The molecular formula is C12H14FNO2. The summed E-state index contributed by atoms with van der Waals surface area (Å²) >= 11 is 0. The summed E-state index contributed by atoms with van der Waals surface area (Å²) in [6, 6.07) is 6.32. The molecule has 4 heteroatoms. The molecule has 16 heavy (non-hydrogen) atoms. The van der Waals surface area contributed by atoms with Gasteiger partial charge in [0, 0.05) is 18.5 Å². The number of hydrogen-bond acceptors (Lipinski definition) is 3. The molecule has 1 fully saturated rings. The van der Waals surface area contributed by atoms with E-state index >= 15 is 0 Å². The maximum atomic E-state index is 12.8. The van der Waals surface area contributed by atoms with Crippen molar-refractivity contribution in [1.29, 1.82) is 0 Å². The van der Waals surface area contributed by atoms with Crippen molar-refractivity contribution in [3.05, 3.63) is 35.6 Å². The van der Waals surface area contributed by atoms with Gasteiger partial charge in [0.1, 0.15) is 5.82 Å². The molecule has 0 atom stereocenters. The third-order valence-electron chi connectivity index (χ3n) is 3.09. The summed E-state index contributed by atoms with van der Waals surface area (Å²) in [6.07, 6.45) is 0.335. The zero-order chi connectivity index (χ0) is 11.6. The molecule has 2 rings (SSSR count). The number of ether oxygens (including phenoxy) is 1. The molecule has 0 amide bonds. The maximum absolute atomic E-state index is 12.8. The van der Waals surface area contributed by atoms with Gasteiger partial charge in [-0.15, -0.1) is 0 Å². The van der Waals surface area contributed by atoms with Gasteiger partial charge in [0.05, 0.1) is 13.5 Å². The van der Waals surface area contributed by atoms with Gasteiger partial charge in [0.2, 0.25) is 0 Å². The SMILES string of the molecule is COC(=O)CC1(c2ccc(F)cc2)CNC1. The minimum Gasteiger partial charge on any atom is -0.469 e. The van der Waals surface area contributed by atoms with Crippen LogP contribution in [0.1, 0.15) is 12.0 Å². The Labute approximate surface area is 93.6 Å². The van der Waals surface area contributed by atoms with Crippen LogP contribution in [0.4, 0.5) is 4.39 Å². The lowest BCUT2D eigenvalue weighted by molar-refractivity contribution is -0.142. The number of hydrogen-bond donors (Lipinski definition) is 1. The van der Waals surface area contributed by atoms with Gasteiger partial charge < -0.3 is 10.1 Å². The minimum atomic E-state index is -0.260. The van der Waals surface area contributed by atoms with E-state index in [2.05, 4.69) is 10.1 Å². The summed E-state index contributed by atoms with van der Waals surface area (Å²) in [5, 5.41) is 3.14. The van der Waals surface area contributed by atoms with E-state index in [0.717, 1.165) is 18.7 Å². The van der Waals surface area contributed by atoms with Crippen LogP contribution in [0.5, 0.6) is 0 Å². The standard InChI is InChI=1S/C12H14FNO2/c1-16-11(15)6-12(7-14-8-12)9-2-4-10(13)5-3-9/h2-5,14H,6-8H2,1H3. The van der Waals surface area contributed by atoms with E-state index in [1.807, 2.05) is 0 Å². The molecule has 3 nitrogen and oxygen atoms in total. The third kappa shape index (κ3) is 1.93. The Morgan fingerprint density at radius 1 is 1.44 bits per heavy atom. The molecule has 1 aliphatic rings. The van der Waals surface area contributed by atoms with Crippen molar-refractivity contribution in [3.63, 3.8) is 0 Å². The second-order valence-electron chi connectivity index (χ2n) is 4.14. The Bertz CT molecular complexity index is 385. The van der Waals surface area contributed by atoms with Crippen molar-refractivity contribution in [1.82, 2.24) is 5.32 Å². The van der Waals surface area contributed by atoms with E-state index in [1.54, 1.807) is 12.1 Å². The maximum Gasteiger partial charge on any atom is 0.306 e. The molecule has 86 valence electrons. The van der Waals surface area contributed by atoms with Crippen LogP contribution in [0.2, 0.25) is 0 Å². The van der Waals surface area contributed by atoms with Crippen molar-refractivity contribution in [2.24, 2.45) is 0 Å². The van der Waals surface area contributed by atoms with Crippen LogP contribution in [0.25, 0.3) is 0 Å². The fourth-order valence-corrected chi connectivity index (χ4v) is 2.01. The van der Waals surface area contributed by atoms with E-state index in [-0.39, 0.29) is 17.2 Å². The molecule has 1 N–H and O–H groups in total. The van der Waals surface area contributed by atoms with Crippen LogP contribution in [0.3, 0.4) is 0 Å². The van der Waals surface area contributed by atoms with Crippen molar-refractivity contribution in [2.75, 3.05) is 20.2 Å². The first kappa shape index (κ1) is 11.1. The zero-order valence-electron chi connectivity index (χ0n) is 9.13. The summed E-state index contributed by atoms with van der Waals surface area (Å²) in [7, 11) is 1.38. The first-order valence-corrected chi connectivity index (χ1v) is 5.20. The van der Waals surface area contributed by atoms with Crippen LogP contribution in [-0.4, -0.2) is 26.2 Å². The van der Waals surface area contributed by atoms with Crippen LogP contribution >= 0.6 is 0 Å². The molecule has 1 aromatic carbocycles. The molecule has 1 heterocycles. The van der Waals surface area contributed by atoms with Gasteiger partial charge in [-0.05, 0) is 17.7 Å². The molecule has 0 saturated carbocycles. The van der Waals surface area contributed by atoms with Gasteiger partial charge in [-0.25, -0.2) is 4.39 Å². The van der Waals surface area contributed by atoms with Gasteiger partial charge in [0.25, 0.3) is 0 Å². The molecule has 0 unspecified atom stereocenters. The fraction of sp³-hybridized carbons (Fsp3) is 0.417. The number of nitrogens with one attached hydrogen (secondary N) is 1. The predicted molar refractivity (Wildman–Crippen MR) is 57.6 cm³/mol. The lowest BCUT2D eigenvalue weighted by Crippen LogP contribution is -2.57. The summed E-state index contributed by atoms with van der Waals surface area (Å²) in [6.45, 7) is 1.46. The van der Waals surface area contributed by atoms with Gasteiger partial charge >= 0.3 is 5.97 Å². The monoisotopic (exact) mass is 223 g/mol. The van der Waals surface area contributed by atoms with Crippen molar-refractivity contribution in [3.8, 4) is 0 Å². The Morgan fingerprint density at radius 3 is 2.50 bits per heavy atom. The van der Waals surface area contributed by atoms with Gasteiger partial charge in [-0.3, -0.25) is 4.79 Å². The van der Waals surface area contributed by atoms with E-state index in [1.165, 1.54) is 19.2 Å². The molecule has 1 aromatic rings. The normalized spacial score (nSPS) is 17.6. The predicted octanol–water partition coefficient (Wildman–Crippen LogP) is 1.23. The number of benzene rings is 1. The number of carbonyl (C=O) groups excluding carboxylic acids is 1. The van der Waals surface area contributed by atoms with Gasteiger partial charge in [0.15, 0.2) is 0 Å². The summed E-state index contributed by atoms with van der Waals surface area (Å²) in [5.74, 6) is -0.491. The Hall–Kier alpha value is -1.42. The van der Waals surface area contributed by atoms with Crippen molar-refractivity contribution in [2.45, 2.75) is 11.8 Å². The molecule has 0 spiro atoms. The molecule has 0 aromatic heterocycles. The quantitative estimate of drug-likeness (QED) is 0.783. The Morgan fingerprint density at radius 2 is 2.06 bits per heavy atom. The first-order chi connectivity index (χ1) is 7.66. The highest BCUT2D eigenvalue weighted by Crippen LogP contribution is 2.32. The van der Waals surface area contributed by atoms with E-state index < -0.39 is 0 Å².